The van der Waals surface area contributed by atoms with E-state index in [4.69, 9.17) is 33.2 Å². The van der Waals surface area contributed by atoms with E-state index in [0.717, 1.165) is 0 Å². The predicted molar refractivity (Wildman–Crippen MR) is 70.5 cm³/mol. The zero-order valence-electron chi connectivity index (χ0n) is 13.3. The molecule has 0 aromatic heterocycles. The minimum atomic E-state index is -1.09. The van der Waals surface area contributed by atoms with Crippen molar-refractivity contribution in [2.45, 2.75) is 44.9 Å². The van der Waals surface area contributed by atoms with E-state index in [1.165, 1.54) is 35.2 Å². The summed E-state index contributed by atoms with van der Waals surface area (Å²) in [6.07, 6.45) is -4.39. The number of hydrogen-bond acceptors (Lipinski definition) is 9. The van der Waals surface area contributed by atoms with Crippen LogP contribution in [-0.4, -0.2) is 71.0 Å². The molecule has 0 amide bonds. The summed E-state index contributed by atoms with van der Waals surface area (Å²) in [5, 5.41) is 0. The average Bonchev–Trinajstić information content (AvgIpc) is 2.47. The number of hydrogen-bond donors (Lipinski definition) is 0. The highest BCUT2D eigenvalue weighted by Gasteiger charge is 2.45. The lowest BCUT2D eigenvalue weighted by atomic mass is 10.2. The molecule has 0 spiro atoms. The van der Waals surface area contributed by atoms with Crippen molar-refractivity contribution in [2.75, 3.05) is 27.9 Å². The van der Waals surface area contributed by atoms with E-state index in [0.29, 0.717) is 0 Å². The quantitative estimate of drug-likeness (QED) is 0.591. The minimum Gasteiger partial charge on any atom is -0.463 e. The van der Waals surface area contributed by atoms with Crippen molar-refractivity contribution in [2.24, 2.45) is 0 Å². The van der Waals surface area contributed by atoms with Gasteiger partial charge in [-0.25, -0.2) is 0 Å². The first-order chi connectivity index (χ1) is 10.4. The Morgan fingerprint density at radius 2 is 1.55 bits per heavy atom. The van der Waals surface area contributed by atoms with E-state index < -0.39 is 43.0 Å². The molecule has 1 aliphatic heterocycles. The fraction of sp³-hybridized carbons (Fsp3) is 0.846. The Morgan fingerprint density at radius 3 is 2.00 bits per heavy atom. The molecule has 0 saturated carbocycles. The highest BCUT2D eigenvalue weighted by atomic mass is 16.8. The minimum absolute atomic E-state index is 0.0916. The third-order valence-electron chi connectivity index (χ3n) is 2.92. The van der Waals surface area contributed by atoms with Gasteiger partial charge in [0.1, 0.15) is 12.7 Å². The van der Waals surface area contributed by atoms with Crippen LogP contribution in [-0.2, 0) is 42.7 Å². The average molecular weight is 322 g/mol. The molecule has 1 aliphatic rings. The van der Waals surface area contributed by atoms with Gasteiger partial charge in [-0.1, -0.05) is 0 Å². The third kappa shape index (κ3) is 5.18. The number of carbonyl (C=O) groups is 2. The van der Waals surface area contributed by atoms with Crippen LogP contribution in [0.4, 0.5) is 0 Å². The number of rotatable bonds is 7. The van der Waals surface area contributed by atoms with Gasteiger partial charge in [-0.3, -0.25) is 9.59 Å². The van der Waals surface area contributed by atoms with Crippen molar-refractivity contribution in [1.82, 2.24) is 0 Å². The van der Waals surface area contributed by atoms with Crippen LogP contribution in [0, 0.1) is 0 Å². The predicted octanol–water partition coefficient (Wildman–Crippen LogP) is -0.186. The van der Waals surface area contributed by atoms with Crippen LogP contribution in [0.2, 0.25) is 0 Å². The Morgan fingerprint density at radius 1 is 0.955 bits per heavy atom. The maximum atomic E-state index is 11.2. The molecule has 1 rings (SSSR count). The van der Waals surface area contributed by atoms with Crippen molar-refractivity contribution in [3.8, 4) is 0 Å². The fourth-order valence-electron chi connectivity index (χ4n) is 1.91. The molecule has 9 heteroatoms. The van der Waals surface area contributed by atoms with Crippen molar-refractivity contribution in [3.05, 3.63) is 0 Å². The monoisotopic (exact) mass is 322 g/mol. The van der Waals surface area contributed by atoms with Crippen LogP contribution in [0.25, 0.3) is 0 Å². The van der Waals surface area contributed by atoms with Gasteiger partial charge in [0.05, 0.1) is 0 Å². The van der Waals surface area contributed by atoms with Gasteiger partial charge in [0, 0.05) is 35.2 Å². The first kappa shape index (κ1) is 18.8. The topological polar surface area (TPSA) is 98.8 Å². The standard InChI is InChI=1S/C13H22O9/c1-7(14)19-6-9(16-3)10-11(20-8(2)15)22-13(18-5)12(17-4)21-10/h9-13H,6H2,1-5H3/t9-,10+,11-,12+,13-/m1/s1. The van der Waals surface area contributed by atoms with E-state index in [1.54, 1.807) is 0 Å². The lowest BCUT2D eigenvalue weighted by molar-refractivity contribution is -0.396. The van der Waals surface area contributed by atoms with Gasteiger partial charge < -0.3 is 33.2 Å². The molecule has 5 atom stereocenters. The maximum Gasteiger partial charge on any atom is 0.305 e. The van der Waals surface area contributed by atoms with Crippen LogP contribution >= 0.6 is 0 Å². The van der Waals surface area contributed by atoms with Crippen molar-refractivity contribution < 1.29 is 42.7 Å². The van der Waals surface area contributed by atoms with Crippen molar-refractivity contribution in [1.29, 1.82) is 0 Å². The normalized spacial score (nSPS) is 29.7. The zero-order chi connectivity index (χ0) is 16.7. The zero-order valence-corrected chi connectivity index (χ0v) is 13.3. The SMILES string of the molecule is CO[C@@H]1O[C@@H](OC(C)=O)[C@H]([C@@H](COC(C)=O)OC)O[C@@H]1OC. The largest absolute Gasteiger partial charge is 0.463 e. The molecular weight excluding hydrogens is 300 g/mol. The summed E-state index contributed by atoms with van der Waals surface area (Å²) in [5.41, 5.74) is 0. The Kier molecular flexibility index (Phi) is 7.69. The van der Waals surface area contributed by atoms with Crippen LogP contribution < -0.4 is 0 Å². The molecule has 0 bridgehead atoms. The van der Waals surface area contributed by atoms with Gasteiger partial charge in [-0.2, -0.15) is 0 Å². The van der Waals surface area contributed by atoms with Crippen LogP contribution in [0.5, 0.6) is 0 Å². The van der Waals surface area contributed by atoms with Gasteiger partial charge in [-0.15, -0.1) is 0 Å². The number of ether oxygens (including phenoxy) is 7. The molecule has 1 fully saturated rings. The molecule has 0 aromatic rings. The number of carbonyl (C=O) groups excluding carboxylic acids is 2. The molecule has 9 nitrogen and oxygen atoms in total. The van der Waals surface area contributed by atoms with Gasteiger partial charge >= 0.3 is 11.9 Å². The highest BCUT2D eigenvalue weighted by molar-refractivity contribution is 5.66. The number of esters is 2. The van der Waals surface area contributed by atoms with Gasteiger partial charge in [0.25, 0.3) is 0 Å². The summed E-state index contributed by atoms with van der Waals surface area (Å²) >= 11 is 0. The van der Waals surface area contributed by atoms with Gasteiger partial charge in [0.15, 0.2) is 6.10 Å². The third-order valence-corrected chi connectivity index (χ3v) is 2.92. The van der Waals surface area contributed by atoms with Crippen LogP contribution in [0.15, 0.2) is 0 Å². The maximum absolute atomic E-state index is 11.2. The number of methoxy groups -OCH3 is 3. The van der Waals surface area contributed by atoms with E-state index >= 15 is 0 Å². The molecule has 0 unspecified atom stereocenters. The van der Waals surface area contributed by atoms with Crippen LogP contribution in [0.3, 0.4) is 0 Å². The molecule has 1 saturated heterocycles. The van der Waals surface area contributed by atoms with E-state index in [9.17, 15) is 9.59 Å². The molecule has 0 aliphatic carbocycles. The Balaban J connectivity index is 2.87. The Bertz CT molecular complexity index is 373. The summed E-state index contributed by atoms with van der Waals surface area (Å²) in [6, 6.07) is 0. The highest BCUT2D eigenvalue weighted by Crippen LogP contribution is 2.26. The molecule has 22 heavy (non-hydrogen) atoms. The van der Waals surface area contributed by atoms with Crippen molar-refractivity contribution >= 4 is 11.9 Å². The molecule has 0 radical (unpaired) electrons. The molecule has 128 valence electrons. The molecule has 1 heterocycles. The smallest absolute Gasteiger partial charge is 0.305 e. The summed E-state index contributed by atoms with van der Waals surface area (Å²) in [5.74, 6) is -1.03. The summed E-state index contributed by atoms with van der Waals surface area (Å²) < 4.78 is 36.6. The Hall–Kier alpha value is -1.26. The molecular formula is C13H22O9. The van der Waals surface area contributed by atoms with Gasteiger partial charge in [-0.05, 0) is 0 Å². The molecule has 0 aromatic carbocycles. The van der Waals surface area contributed by atoms with E-state index in [-0.39, 0.29) is 6.61 Å². The van der Waals surface area contributed by atoms with E-state index in [1.807, 2.05) is 0 Å². The Labute approximate surface area is 128 Å². The summed E-state index contributed by atoms with van der Waals surface area (Å²) in [4.78, 5) is 22.2. The second-order valence-corrected chi connectivity index (χ2v) is 4.50. The first-order valence-corrected chi connectivity index (χ1v) is 6.62. The van der Waals surface area contributed by atoms with Gasteiger partial charge in [0.2, 0.25) is 18.9 Å². The lowest BCUT2D eigenvalue weighted by Gasteiger charge is -2.41. The van der Waals surface area contributed by atoms with E-state index in [2.05, 4.69) is 0 Å². The molecule has 0 N–H and O–H groups in total. The fourth-order valence-corrected chi connectivity index (χ4v) is 1.91. The lowest BCUT2D eigenvalue weighted by Crippen LogP contribution is -2.57. The van der Waals surface area contributed by atoms with Crippen molar-refractivity contribution in [3.63, 3.8) is 0 Å². The second kappa shape index (κ2) is 9.01. The first-order valence-electron chi connectivity index (χ1n) is 6.62. The summed E-state index contributed by atoms with van der Waals surface area (Å²) in [7, 11) is 4.22. The van der Waals surface area contributed by atoms with Crippen LogP contribution in [0.1, 0.15) is 13.8 Å². The second-order valence-electron chi connectivity index (χ2n) is 4.50. The summed E-state index contributed by atoms with van der Waals surface area (Å²) in [6.45, 7) is 2.41.